The van der Waals surface area contributed by atoms with Gasteiger partial charge in [-0.3, -0.25) is 0 Å². The zero-order chi connectivity index (χ0) is 14.6. The Hall–Kier alpha value is -1.27. The zero-order valence-electron chi connectivity index (χ0n) is 11.9. The van der Waals surface area contributed by atoms with Gasteiger partial charge in [-0.1, -0.05) is 20.3 Å². The molecule has 0 radical (unpaired) electrons. The van der Waals surface area contributed by atoms with Gasteiger partial charge in [-0.2, -0.15) is 0 Å². The number of methoxy groups -OCH3 is 1. The Morgan fingerprint density at radius 2 is 2.05 bits per heavy atom. The van der Waals surface area contributed by atoms with Crippen molar-refractivity contribution in [1.82, 2.24) is 4.31 Å². The molecule has 0 aromatic heterocycles. The van der Waals surface area contributed by atoms with Gasteiger partial charge in [-0.05, 0) is 24.1 Å². The summed E-state index contributed by atoms with van der Waals surface area (Å²) >= 11 is 0. The smallest absolute Gasteiger partial charge is 0.246 e. The lowest BCUT2D eigenvalue weighted by Crippen LogP contribution is -2.31. The van der Waals surface area contributed by atoms with E-state index < -0.39 is 10.0 Å². The minimum absolute atomic E-state index is 0.112. The van der Waals surface area contributed by atoms with E-state index in [0.717, 1.165) is 6.42 Å². The summed E-state index contributed by atoms with van der Waals surface area (Å²) in [5.41, 5.74) is 6.07. The van der Waals surface area contributed by atoms with Crippen molar-refractivity contribution < 1.29 is 13.2 Å². The van der Waals surface area contributed by atoms with Gasteiger partial charge in [0.25, 0.3) is 0 Å². The van der Waals surface area contributed by atoms with Crippen LogP contribution in [-0.2, 0) is 10.0 Å². The third-order valence-corrected chi connectivity index (χ3v) is 4.99. The van der Waals surface area contributed by atoms with Crippen molar-refractivity contribution in [2.75, 3.05) is 26.4 Å². The van der Waals surface area contributed by atoms with Crippen LogP contribution in [0.25, 0.3) is 0 Å². The van der Waals surface area contributed by atoms with Crippen molar-refractivity contribution in [2.24, 2.45) is 5.92 Å². The van der Waals surface area contributed by atoms with Crippen molar-refractivity contribution >= 4 is 15.7 Å². The number of sulfonamides is 1. The predicted molar refractivity (Wildman–Crippen MR) is 76.7 cm³/mol. The maximum atomic E-state index is 12.5. The molecule has 1 rings (SSSR count). The van der Waals surface area contributed by atoms with Crippen molar-refractivity contribution in [3.05, 3.63) is 18.2 Å². The molecule has 1 unspecified atom stereocenters. The Morgan fingerprint density at radius 3 is 2.58 bits per heavy atom. The van der Waals surface area contributed by atoms with Crippen LogP contribution in [0.1, 0.15) is 20.3 Å². The first-order valence-electron chi connectivity index (χ1n) is 6.22. The number of ether oxygens (including phenoxy) is 1. The zero-order valence-corrected chi connectivity index (χ0v) is 12.7. The molecular weight excluding hydrogens is 264 g/mol. The van der Waals surface area contributed by atoms with Crippen LogP contribution in [0.4, 0.5) is 5.69 Å². The summed E-state index contributed by atoms with van der Waals surface area (Å²) in [7, 11) is -0.564. The lowest BCUT2D eigenvalue weighted by Gasteiger charge is -2.21. The maximum absolute atomic E-state index is 12.5. The van der Waals surface area contributed by atoms with E-state index in [-0.39, 0.29) is 4.90 Å². The number of anilines is 1. The largest absolute Gasteiger partial charge is 0.495 e. The molecule has 6 heteroatoms. The normalized spacial score (nSPS) is 13.5. The average Bonchev–Trinajstić information content (AvgIpc) is 2.38. The number of nitrogens with zero attached hydrogens (tertiary/aromatic N) is 1. The van der Waals surface area contributed by atoms with Gasteiger partial charge in [0.2, 0.25) is 10.0 Å². The van der Waals surface area contributed by atoms with Crippen molar-refractivity contribution in [3.8, 4) is 5.75 Å². The molecule has 1 atom stereocenters. The minimum Gasteiger partial charge on any atom is -0.495 e. The van der Waals surface area contributed by atoms with E-state index >= 15 is 0 Å². The molecule has 108 valence electrons. The van der Waals surface area contributed by atoms with E-state index in [1.165, 1.54) is 17.5 Å². The Labute approximate surface area is 115 Å². The molecule has 0 heterocycles. The number of hydrogen-bond donors (Lipinski definition) is 1. The summed E-state index contributed by atoms with van der Waals surface area (Å²) in [5.74, 6) is 0.608. The molecule has 19 heavy (non-hydrogen) atoms. The molecule has 0 aliphatic heterocycles. The maximum Gasteiger partial charge on any atom is 0.246 e. The van der Waals surface area contributed by atoms with E-state index in [4.69, 9.17) is 10.5 Å². The highest BCUT2D eigenvalue weighted by molar-refractivity contribution is 7.89. The predicted octanol–water partition coefficient (Wildman–Crippen LogP) is 1.94. The van der Waals surface area contributed by atoms with Crippen LogP contribution < -0.4 is 10.5 Å². The third-order valence-electron chi connectivity index (χ3n) is 3.14. The number of benzene rings is 1. The fourth-order valence-electron chi connectivity index (χ4n) is 1.73. The molecule has 1 aromatic carbocycles. The van der Waals surface area contributed by atoms with Crippen LogP contribution in [0.3, 0.4) is 0 Å². The summed E-state index contributed by atoms with van der Waals surface area (Å²) in [6, 6.07) is 4.62. The Bertz CT molecular complexity index is 529. The first-order chi connectivity index (χ1) is 8.82. The average molecular weight is 286 g/mol. The van der Waals surface area contributed by atoms with Crippen molar-refractivity contribution in [3.63, 3.8) is 0 Å². The molecule has 0 bridgehead atoms. The number of hydrogen-bond acceptors (Lipinski definition) is 4. The van der Waals surface area contributed by atoms with Gasteiger partial charge >= 0.3 is 0 Å². The second-order valence-electron chi connectivity index (χ2n) is 4.71. The highest BCUT2D eigenvalue weighted by Crippen LogP contribution is 2.28. The highest BCUT2D eigenvalue weighted by Gasteiger charge is 2.25. The SMILES string of the molecule is CCC(C)CN(C)S(=O)(=O)c1cc(N)ccc1OC. The molecule has 5 nitrogen and oxygen atoms in total. The Balaban J connectivity index is 3.16. The second-order valence-corrected chi connectivity index (χ2v) is 6.72. The Kier molecular flexibility index (Phi) is 5.20. The molecule has 2 N–H and O–H groups in total. The van der Waals surface area contributed by atoms with Crippen molar-refractivity contribution in [2.45, 2.75) is 25.2 Å². The molecule has 0 fully saturated rings. The molecular formula is C13H22N2O3S. The lowest BCUT2D eigenvalue weighted by molar-refractivity contribution is 0.381. The van der Waals surface area contributed by atoms with Gasteiger partial charge in [-0.25, -0.2) is 12.7 Å². The fourth-order valence-corrected chi connectivity index (χ4v) is 3.21. The third kappa shape index (κ3) is 3.61. The van der Waals surface area contributed by atoms with Crippen LogP contribution in [0.5, 0.6) is 5.75 Å². The highest BCUT2D eigenvalue weighted by atomic mass is 32.2. The van der Waals surface area contributed by atoms with Crippen molar-refractivity contribution in [1.29, 1.82) is 0 Å². The topological polar surface area (TPSA) is 72.6 Å². The summed E-state index contributed by atoms with van der Waals surface area (Å²) < 4.78 is 31.5. The van der Waals surface area contributed by atoms with Gasteiger partial charge in [0, 0.05) is 19.3 Å². The Morgan fingerprint density at radius 1 is 1.42 bits per heavy atom. The number of rotatable bonds is 6. The molecule has 0 saturated carbocycles. The van der Waals surface area contributed by atoms with E-state index in [1.54, 1.807) is 19.2 Å². The lowest BCUT2D eigenvalue weighted by atomic mass is 10.1. The van der Waals surface area contributed by atoms with Crippen LogP contribution in [0.15, 0.2) is 23.1 Å². The number of nitrogen functional groups attached to an aromatic ring is 1. The van der Waals surface area contributed by atoms with Gasteiger partial charge in [0.05, 0.1) is 7.11 Å². The van der Waals surface area contributed by atoms with Crippen LogP contribution >= 0.6 is 0 Å². The summed E-state index contributed by atoms with van der Waals surface area (Å²) in [6.45, 7) is 4.52. The molecule has 0 spiro atoms. The van der Waals surface area contributed by atoms with Gasteiger partial charge < -0.3 is 10.5 Å². The molecule has 0 aliphatic carbocycles. The number of nitrogens with two attached hydrogens (primary N) is 1. The van der Waals surface area contributed by atoms with Crippen LogP contribution in [-0.4, -0.2) is 33.4 Å². The minimum atomic E-state index is -3.58. The van der Waals surface area contributed by atoms with Gasteiger partial charge in [-0.15, -0.1) is 0 Å². The standard InChI is InChI=1S/C13H22N2O3S/c1-5-10(2)9-15(3)19(16,17)13-8-11(14)6-7-12(13)18-4/h6-8,10H,5,9,14H2,1-4H3. The molecule has 0 amide bonds. The summed E-state index contributed by atoms with van der Waals surface area (Å²) in [4.78, 5) is 0.112. The van der Waals surface area contributed by atoms with E-state index in [1.807, 2.05) is 13.8 Å². The second kappa shape index (κ2) is 6.25. The van der Waals surface area contributed by atoms with E-state index in [9.17, 15) is 8.42 Å². The monoisotopic (exact) mass is 286 g/mol. The summed E-state index contributed by atoms with van der Waals surface area (Å²) in [5, 5.41) is 0. The molecule has 0 aliphatic rings. The van der Waals surface area contributed by atoms with Crippen LogP contribution in [0, 0.1) is 5.92 Å². The van der Waals surface area contributed by atoms with Gasteiger partial charge in [0.15, 0.2) is 0 Å². The van der Waals surface area contributed by atoms with Gasteiger partial charge in [0.1, 0.15) is 10.6 Å². The first-order valence-corrected chi connectivity index (χ1v) is 7.66. The molecule has 1 aromatic rings. The van der Waals surface area contributed by atoms with E-state index in [0.29, 0.717) is 23.9 Å². The first kappa shape index (κ1) is 15.8. The van der Waals surface area contributed by atoms with Crippen LogP contribution in [0.2, 0.25) is 0 Å². The van der Waals surface area contributed by atoms with E-state index in [2.05, 4.69) is 0 Å². The molecule has 0 saturated heterocycles. The summed E-state index contributed by atoms with van der Waals surface area (Å²) in [6.07, 6.45) is 0.925. The fraction of sp³-hybridized carbons (Fsp3) is 0.538. The quantitative estimate of drug-likeness (QED) is 0.811.